The summed E-state index contributed by atoms with van der Waals surface area (Å²) in [7, 11) is -1.96. The first kappa shape index (κ1) is 19.6. The smallest absolute Gasteiger partial charge is 0.235 e. The minimum Gasteiger partial charge on any atom is -0.353 e. The second-order valence-electron chi connectivity index (χ2n) is 5.89. The van der Waals surface area contributed by atoms with Crippen LogP contribution < -0.4 is 11.1 Å². The van der Waals surface area contributed by atoms with Gasteiger partial charge in [-0.1, -0.05) is 38.1 Å². The summed E-state index contributed by atoms with van der Waals surface area (Å²) in [6.07, 6.45) is 0. The van der Waals surface area contributed by atoms with Gasteiger partial charge < -0.3 is 11.1 Å². The van der Waals surface area contributed by atoms with Crippen LogP contribution in [0.1, 0.15) is 43.9 Å². The molecular weight excluding hydrogens is 314 g/mol. The maximum Gasteiger partial charge on any atom is 0.235 e. The van der Waals surface area contributed by atoms with Crippen molar-refractivity contribution in [3.63, 3.8) is 0 Å². The quantitative estimate of drug-likeness (QED) is 0.743. The molecule has 0 spiro atoms. The van der Waals surface area contributed by atoms with Gasteiger partial charge in [-0.3, -0.25) is 4.79 Å². The standard InChI is InChI=1S/C16H27N3O3S/c1-5-23(21,22)19(4)11-16(20)18-10-15(17)14-8-6-13(7-9-14)12(2)3/h6-9,12,15H,5,10-11,17H2,1-4H3,(H,18,20). The monoisotopic (exact) mass is 341 g/mol. The summed E-state index contributed by atoms with van der Waals surface area (Å²) in [5.74, 6) is 0.0631. The normalized spacial score (nSPS) is 13.3. The topological polar surface area (TPSA) is 92.5 Å². The number of carbonyl (C=O) groups is 1. The summed E-state index contributed by atoms with van der Waals surface area (Å²) in [6.45, 7) is 5.85. The van der Waals surface area contributed by atoms with Crippen LogP contribution in [0.5, 0.6) is 0 Å². The lowest BCUT2D eigenvalue weighted by molar-refractivity contribution is -0.121. The Labute approximate surface area is 139 Å². The molecule has 130 valence electrons. The van der Waals surface area contributed by atoms with Gasteiger partial charge in [0.2, 0.25) is 15.9 Å². The van der Waals surface area contributed by atoms with E-state index in [1.807, 2.05) is 24.3 Å². The molecule has 0 aliphatic heterocycles. The van der Waals surface area contributed by atoms with Crippen LogP contribution in [0.3, 0.4) is 0 Å². The van der Waals surface area contributed by atoms with Crippen molar-refractivity contribution >= 4 is 15.9 Å². The van der Waals surface area contributed by atoms with Crippen LogP contribution in [0.2, 0.25) is 0 Å². The Kier molecular flexibility index (Phi) is 7.18. The molecule has 0 heterocycles. The van der Waals surface area contributed by atoms with Gasteiger partial charge in [-0.2, -0.15) is 4.31 Å². The van der Waals surface area contributed by atoms with Crippen molar-refractivity contribution in [3.8, 4) is 0 Å². The molecule has 1 amide bonds. The molecule has 1 aromatic rings. The zero-order valence-corrected chi connectivity index (χ0v) is 15.1. The maximum atomic E-state index is 11.8. The minimum atomic E-state index is -3.36. The lowest BCUT2D eigenvalue weighted by atomic mass is 9.99. The van der Waals surface area contributed by atoms with Crippen LogP contribution in [-0.2, 0) is 14.8 Å². The van der Waals surface area contributed by atoms with E-state index in [4.69, 9.17) is 5.73 Å². The Balaban J connectivity index is 2.52. The number of nitrogens with zero attached hydrogens (tertiary/aromatic N) is 1. The molecule has 0 bridgehead atoms. The molecular formula is C16H27N3O3S. The Hall–Kier alpha value is -1.44. The first-order chi connectivity index (χ1) is 10.7. The molecule has 0 aromatic heterocycles. The summed E-state index contributed by atoms with van der Waals surface area (Å²) in [5.41, 5.74) is 8.23. The third kappa shape index (κ3) is 5.93. The van der Waals surface area contributed by atoms with Gasteiger partial charge in [0.05, 0.1) is 12.3 Å². The Morgan fingerprint density at radius 3 is 2.22 bits per heavy atom. The van der Waals surface area contributed by atoms with Gasteiger partial charge in [0.1, 0.15) is 0 Å². The fraction of sp³-hybridized carbons (Fsp3) is 0.562. The molecule has 1 aromatic carbocycles. The number of amides is 1. The van der Waals surface area contributed by atoms with Crippen molar-refractivity contribution < 1.29 is 13.2 Å². The molecule has 0 aliphatic carbocycles. The van der Waals surface area contributed by atoms with Gasteiger partial charge >= 0.3 is 0 Å². The van der Waals surface area contributed by atoms with Crippen molar-refractivity contribution in [1.29, 1.82) is 0 Å². The number of hydrogen-bond acceptors (Lipinski definition) is 4. The molecule has 1 atom stereocenters. The summed E-state index contributed by atoms with van der Waals surface area (Å²) >= 11 is 0. The van der Waals surface area contributed by atoms with E-state index >= 15 is 0 Å². The van der Waals surface area contributed by atoms with Gasteiger partial charge in [0.25, 0.3) is 0 Å². The second kappa shape index (κ2) is 8.42. The van der Waals surface area contributed by atoms with Crippen molar-refractivity contribution in [2.75, 3.05) is 25.9 Å². The van der Waals surface area contributed by atoms with E-state index in [9.17, 15) is 13.2 Å². The molecule has 0 saturated carbocycles. The number of carbonyl (C=O) groups excluding carboxylic acids is 1. The first-order valence-corrected chi connectivity index (χ1v) is 9.34. The molecule has 0 fully saturated rings. The van der Waals surface area contributed by atoms with Gasteiger partial charge in [-0.05, 0) is 24.0 Å². The maximum absolute atomic E-state index is 11.8. The summed E-state index contributed by atoms with van der Waals surface area (Å²) < 4.78 is 24.3. The molecule has 0 saturated heterocycles. The van der Waals surface area contributed by atoms with Crippen molar-refractivity contribution in [2.45, 2.75) is 32.7 Å². The highest BCUT2D eigenvalue weighted by Gasteiger charge is 2.18. The molecule has 6 nitrogen and oxygen atoms in total. The predicted octanol–water partition coefficient (Wildman–Crippen LogP) is 1.21. The zero-order chi connectivity index (χ0) is 17.6. The van der Waals surface area contributed by atoms with E-state index in [1.54, 1.807) is 6.92 Å². The number of hydrogen-bond donors (Lipinski definition) is 2. The Morgan fingerprint density at radius 1 is 1.22 bits per heavy atom. The highest BCUT2D eigenvalue weighted by atomic mass is 32.2. The van der Waals surface area contributed by atoms with Crippen LogP contribution in [0.15, 0.2) is 24.3 Å². The summed E-state index contributed by atoms with van der Waals surface area (Å²) in [5, 5.41) is 2.68. The van der Waals surface area contributed by atoms with Gasteiger partial charge in [0, 0.05) is 19.6 Å². The van der Waals surface area contributed by atoms with Crippen LogP contribution in [0.25, 0.3) is 0 Å². The minimum absolute atomic E-state index is 0.0293. The molecule has 1 rings (SSSR count). The van der Waals surface area contributed by atoms with Crippen LogP contribution >= 0.6 is 0 Å². The molecule has 7 heteroatoms. The van der Waals surface area contributed by atoms with Crippen molar-refractivity contribution in [2.24, 2.45) is 5.73 Å². The third-order valence-electron chi connectivity index (χ3n) is 3.76. The van der Waals surface area contributed by atoms with E-state index in [-0.39, 0.29) is 30.8 Å². The number of nitrogens with two attached hydrogens (primary N) is 1. The third-order valence-corrected chi connectivity index (χ3v) is 5.56. The van der Waals surface area contributed by atoms with E-state index in [1.165, 1.54) is 12.6 Å². The number of rotatable bonds is 8. The van der Waals surface area contributed by atoms with Crippen LogP contribution in [0, 0.1) is 0 Å². The molecule has 3 N–H and O–H groups in total. The number of benzene rings is 1. The predicted molar refractivity (Wildman–Crippen MR) is 92.6 cm³/mol. The zero-order valence-electron chi connectivity index (χ0n) is 14.2. The Morgan fingerprint density at radius 2 is 1.74 bits per heavy atom. The van der Waals surface area contributed by atoms with Crippen LogP contribution in [-0.4, -0.2) is 44.5 Å². The molecule has 0 radical (unpaired) electrons. The van der Waals surface area contributed by atoms with Crippen molar-refractivity contribution in [1.82, 2.24) is 9.62 Å². The summed E-state index contributed by atoms with van der Waals surface area (Å²) in [6, 6.07) is 7.65. The number of sulfonamides is 1. The largest absolute Gasteiger partial charge is 0.353 e. The number of nitrogens with one attached hydrogen (secondary N) is 1. The van der Waals surface area contributed by atoms with E-state index in [2.05, 4.69) is 19.2 Å². The van der Waals surface area contributed by atoms with Gasteiger partial charge in [-0.25, -0.2) is 8.42 Å². The lowest BCUT2D eigenvalue weighted by Gasteiger charge is -2.18. The van der Waals surface area contributed by atoms with Crippen LogP contribution in [0.4, 0.5) is 0 Å². The molecule has 1 unspecified atom stereocenters. The lowest BCUT2D eigenvalue weighted by Crippen LogP contribution is -2.41. The highest BCUT2D eigenvalue weighted by molar-refractivity contribution is 7.89. The SMILES string of the molecule is CCS(=O)(=O)N(C)CC(=O)NCC(N)c1ccc(C(C)C)cc1. The summed E-state index contributed by atoms with van der Waals surface area (Å²) in [4.78, 5) is 11.8. The average molecular weight is 341 g/mol. The van der Waals surface area contributed by atoms with Crippen molar-refractivity contribution in [3.05, 3.63) is 35.4 Å². The van der Waals surface area contributed by atoms with E-state index in [0.29, 0.717) is 5.92 Å². The van der Waals surface area contributed by atoms with Gasteiger partial charge in [-0.15, -0.1) is 0 Å². The second-order valence-corrected chi connectivity index (χ2v) is 8.25. The highest BCUT2D eigenvalue weighted by Crippen LogP contribution is 2.17. The molecule has 0 aliphatic rings. The molecule has 23 heavy (non-hydrogen) atoms. The fourth-order valence-corrected chi connectivity index (χ4v) is 2.80. The van der Waals surface area contributed by atoms with E-state index in [0.717, 1.165) is 9.87 Å². The Bertz CT molecular complexity index is 612. The fourth-order valence-electron chi connectivity index (χ4n) is 2.05. The number of likely N-dealkylation sites (N-methyl/N-ethyl adjacent to an activating group) is 1. The van der Waals surface area contributed by atoms with Gasteiger partial charge in [0.15, 0.2) is 0 Å². The first-order valence-electron chi connectivity index (χ1n) is 7.73. The average Bonchev–Trinajstić information content (AvgIpc) is 2.52. The van der Waals surface area contributed by atoms with E-state index < -0.39 is 10.0 Å².